The number of anilines is 1. The van der Waals surface area contributed by atoms with Gasteiger partial charge >= 0.3 is 0 Å². The summed E-state index contributed by atoms with van der Waals surface area (Å²) in [5, 5.41) is 6.32. The highest BCUT2D eigenvalue weighted by Gasteiger charge is 2.71. The molecule has 2 amide bonds. The van der Waals surface area contributed by atoms with E-state index in [4.69, 9.17) is 0 Å². The van der Waals surface area contributed by atoms with Gasteiger partial charge in [0, 0.05) is 16.7 Å². The maximum atomic E-state index is 13.3. The topological polar surface area (TPSA) is 61.4 Å². The lowest BCUT2D eigenvalue weighted by Gasteiger charge is -2.29. The lowest BCUT2D eigenvalue weighted by atomic mass is 9.78. The number of likely N-dealkylation sites (tertiary alicyclic amines) is 1. The molecule has 1 aromatic rings. The minimum Gasteiger partial charge on any atom is -0.356 e. The molecule has 0 aromatic heterocycles. The first-order chi connectivity index (χ1) is 15.1. The van der Waals surface area contributed by atoms with Crippen LogP contribution in [-0.2, 0) is 9.59 Å². The van der Waals surface area contributed by atoms with Gasteiger partial charge in [-0.05, 0) is 113 Å². The van der Waals surface area contributed by atoms with Gasteiger partial charge in [-0.3, -0.25) is 9.59 Å². The molecule has 5 nitrogen and oxygen atoms in total. The summed E-state index contributed by atoms with van der Waals surface area (Å²) < 4.78 is 0.990. The third kappa shape index (κ3) is 4.18. The standard InChI is InChI=1S/C25H34BrN3O2/c26-17-5-7-18(8-6-17)28-24(31)22-20-10-9-19(25(20)11-12-25)21(22)23(30)27-13-1-2-14-29-15-3-4-16-29/h5-8,19-22H,1-4,9-16H2,(H,27,30)(H,28,31)/t19-,20+,21-,22-/m1/s1. The molecule has 4 atom stereocenters. The average Bonchev–Trinajstić information content (AvgIpc) is 3.12. The molecule has 1 heterocycles. The molecular formula is C25H34BrN3O2. The minimum atomic E-state index is -0.186. The molecule has 0 unspecified atom stereocenters. The van der Waals surface area contributed by atoms with Crippen molar-refractivity contribution in [1.29, 1.82) is 0 Å². The molecule has 31 heavy (non-hydrogen) atoms. The largest absolute Gasteiger partial charge is 0.356 e. The van der Waals surface area contributed by atoms with Gasteiger partial charge in [0.2, 0.25) is 11.8 Å². The van der Waals surface area contributed by atoms with E-state index in [0.29, 0.717) is 11.8 Å². The molecule has 2 bridgehead atoms. The van der Waals surface area contributed by atoms with Gasteiger partial charge in [-0.2, -0.15) is 0 Å². The molecule has 2 N–H and O–H groups in total. The van der Waals surface area contributed by atoms with Gasteiger partial charge in [0.25, 0.3) is 0 Å². The first-order valence-electron chi connectivity index (χ1n) is 12.1. The molecular weight excluding hydrogens is 454 g/mol. The number of hydrogen-bond acceptors (Lipinski definition) is 3. The van der Waals surface area contributed by atoms with Crippen LogP contribution in [0, 0.1) is 29.1 Å². The second-order valence-electron chi connectivity index (χ2n) is 10.1. The first kappa shape index (κ1) is 21.4. The van der Waals surface area contributed by atoms with E-state index in [9.17, 15) is 9.59 Å². The zero-order valence-electron chi connectivity index (χ0n) is 18.2. The van der Waals surface area contributed by atoms with Crippen LogP contribution in [0.2, 0.25) is 0 Å². The maximum absolute atomic E-state index is 13.3. The zero-order chi connectivity index (χ0) is 21.4. The molecule has 6 heteroatoms. The van der Waals surface area contributed by atoms with Crippen LogP contribution in [-0.4, -0.2) is 42.9 Å². The molecule has 3 saturated carbocycles. The highest BCUT2D eigenvalue weighted by Crippen LogP contribution is 2.74. The summed E-state index contributed by atoms with van der Waals surface area (Å²) in [4.78, 5) is 29.1. The van der Waals surface area contributed by atoms with Gasteiger partial charge in [-0.1, -0.05) is 15.9 Å². The summed E-state index contributed by atoms with van der Waals surface area (Å²) in [6.45, 7) is 4.34. The number of amides is 2. The molecule has 4 aliphatic rings. The Morgan fingerprint density at radius 3 is 2.26 bits per heavy atom. The molecule has 1 saturated heterocycles. The van der Waals surface area contributed by atoms with Crippen molar-refractivity contribution < 1.29 is 9.59 Å². The number of carbonyl (C=O) groups is 2. The van der Waals surface area contributed by atoms with Crippen molar-refractivity contribution in [3.8, 4) is 0 Å². The fourth-order valence-corrected chi connectivity index (χ4v) is 7.18. The minimum absolute atomic E-state index is 0.0370. The number of nitrogens with one attached hydrogen (secondary N) is 2. The van der Waals surface area contributed by atoms with Crippen molar-refractivity contribution in [2.24, 2.45) is 29.1 Å². The predicted molar refractivity (Wildman–Crippen MR) is 126 cm³/mol. The molecule has 168 valence electrons. The summed E-state index contributed by atoms with van der Waals surface area (Å²) in [6.07, 6.45) is 9.41. The Kier molecular flexibility index (Phi) is 6.13. The lowest BCUT2D eigenvalue weighted by molar-refractivity contribution is -0.134. The molecule has 0 radical (unpaired) electrons. The van der Waals surface area contributed by atoms with Crippen LogP contribution in [0.25, 0.3) is 0 Å². The van der Waals surface area contributed by atoms with E-state index >= 15 is 0 Å². The number of benzene rings is 1. The third-order valence-corrected chi connectivity index (χ3v) is 8.99. The van der Waals surface area contributed by atoms with E-state index in [-0.39, 0.29) is 29.1 Å². The van der Waals surface area contributed by atoms with Crippen molar-refractivity contribution >= 4 is 33.4 Å². The lowest BCUT2D eigenvalue weighted by Crippen LogP contribution is -2.43. The van der Waals surface area contributed by atoms with Crippen LogP contribution < -0.4 is 10.6 Å². The van der Waals surface area contributed by atoms with Crippen molar-refractivity contribution in [1.82, 2.24) is 10.2 Å². The quantitative estimate of drug-likeness (QED) is 0.533. The summed E-state index contributed by atoms with van der Waals surface area (Å²) in [5.41, 5.74) is 1.08. The van der Waals surface area contributed by atoms with Crippen LogP contribution >= 0.6 is 15.9 Å². The highest BCUT2D eigenvalue weighted by atomic mass is 79.9. The Bertz CT molecular complexity index is 817. The third-order valence-electron chi connectivity index (χ3n) is 8.46. The van der Waals surface area contributed by atoms with Crippen molar-refractivity contribution in [2.75, 3.05) is 31.5 Å². The smallest absolute Gasteiger partial charge is 0.228 e. The summed E-state index contributed by atoms with van der Waals surface area (Å²) in [7, 11) is 0. The monoisotopic (exact) mass is 487 g/mol. The highest BCUT2D eigenvalue weighted by molar-refractivity contribution is 9.10. The van der Waals surface area contributed by atoms with Crippen molar-refractivity contribution in [2.45, 2.75) is 51.4 Å². The summed E-state index contributed by atoms with van der Waals surface area (Å²) in [6, 6.07) is 7.70. The molecule has 5 rings (SSSR count). The molecule has 1 aliphatic heterocycles. The van der Waals surface area contributed by atoms with Gasteiger partial charge in [0.15, 0.2) is 0 Å². The number of rotatable bonds is 8. The van der Waals surface area contributed by atoms with Crippen LogP contribution in [0.15, 0.2) is 28.7 Å². The van der Waals surface area contributed by atoms with Gasteiger partial charge in [0.05, 0.1) is 11.8 Å². The fraction of sp³-hybridized carbons (Fsp3) is 0.680. The van der Waals surface area contributed by atoms with E-state index in [1.807, 2.05) is 24.3 Å². The van der Waals surface area contributed by atoms with Gasteiger partial charge in [0.1, 0.15) is 0 Å². The Balaban J connectivity index is 1.20. The van der Waals surface area contributed by atoms with E-state index in [2.05, 4.69) is 31.5 Å². The van der Waals surface area contributed by atoms with E-state index < -0.39 is 0 Å². The van der Waals surface area contributed by atoms with Gasteiger partial charge < -0.3 is 15.5 Å². The van der Waals surface area contributed by atoms with Crippen LogP contribution in [0.3, 0.4) is 0 Å². The maximum Gasteiger partial charge on any atom is 0.228 e. The molecule has 1 spiro atoms. The fourth-order valence-electron chi connectivity index (χ4n) is 6.92. The number of unbranched alkanes of at least 4 members (excludes halogenated alkanes) is 1. The summed E-state index contributed by atoms with van der Waals surface area (Å²) in [5.74, 6) is 0.581. The van der Waals surface area contributed by atoms with Crippen molar-refractivity contribution in [3.63, 3.8) is 0 Å². The van der Waals surface area contributed by atoms with Crippen LogP contribution in [0.1, 0.15) is 51.4 Å². The molecule has 1 aromatic carbocycles. The van der Waals surface area contributed by atoms with Crippen LogP contribution in [0.5, 0.6) is 0 Å². The number of carbonyl (C=O) groups excluding carboxylic acids is 2. The second-order valence-corrected chi connectivity index (χ2v) is 11.0. The van der Waals surface area contributed by atoms with E-state index in [1.165, 1.54) is 38.8 Å². The van der Waals surface area contributed by atoms with Gasteiger partial charge in [-0.15, -0.1) is 0 Å². The number of nitrogens with zero attached hydrogens (tertiary/aromatic N) is 1. The first-order valence-corrected chi connectivity index (χ1v) is 12.9. The predicted octanol–water partition coefficient (Wildman–Crippen LogP) is 4.43. The Labute approximate surface area is 193 Å². The Hall–Kier alpha value is -1.40. The number of hydrogen-bond donors (Lipinski definition) is 2. The molecule has 3 aliphatic carbocycles. The second kappa shape index (κ2) is 8.86. The van der Waals surface area contributed by atoms with E-state index in [1.54, 1.807) is 0 Å². The normalized spacial score (nSPS) is 30.6. The summed E-state index contributed by atoms with van der Waals surface area (Å²) >= 11 is 3.44. The average molecular weight is 488 g/mol. The Morgan fingerprint density at radius 1 is 0.968 bits per heavy atom. The molecule has 4 fully saturated rings. The van der Waals surface area contributed by atoms with Crippen molar-refractivity contribution in [3.05, 3.63) is 28.7 Å². The van der Waals surface area contributed by atoms with Crippen LogP contribution in [0.4, 0.5) is 5.69 Å². The number of halogens is 1. The van der Waals surface area contributed by atoms with E-state index in [0.717, 1.165) is 48.9 Å². The Morgan fingerprint density at radius 2 is 1.61 bits per heavy atom. The SMILES string of the molecule is O=C(NCCCCN1CCCC1)[C@H]1[C@H](C(=O)Nc2ccc(Br)cc2)[C@@H]2CC[C@H]1C21CC1. The van der Waals surface area contributed by atoms with Gasteiger partial charge in [-0.25, -0.2) is 0 Å². The zero-order valence-corrected chi connectivity index (χ0v) is 19.8.